The number of rotatable bonds is 5. The van der Waals surface area contributed by atoms with E-state index in [1.807, 2.05) is 6.92 Å². The molecule has 1 N–H and O–H groups in total. The van der Waals surface area contributed by atoms with Gasteiger partial charge in [-0.25, -0.2) is 0 Å². The second-order valence-electron chi connectivity index (χ2n) is 4.56. The first-order chi connectivity index (χ1) is 9.10. The second kappa shape index (κ2) is 6.30. The van der Waals surface area contributed by atoms with Gasteiger partial charge in [-0.1, -0.05) is 35.0 Å². The van der Waals surface area contributed by atoms with E-state index >= 15 is 0 Å². The molecule has 1 aromatic heterocycles. The van der Waals surface area contributed by atoms with Crippen LogP contribution in [0, 0.1) is 6.92 Å². The Kier molecular flexibility index (Phi) is 4.71. The van der Waals surface area contributed by atoms with E-state index in [-0.39, 0.29) is 12.1 Å². The molecule has 0 aliphatic heterocycles. The Labute approximate surface area is 121 Å². The normalized spacial score (nSPS) is 14.3. The molecule has 0 unspecified atom stereocenters. The van der Waals surface area contributed by atoms with Crippen LogP contribution < -0.4 is 5.32 Å². The van der Waals surface area contributed by atoms with Crippen LogP contribution in [0.15, 0.2) is 33.2 Å². The van der Waals surface area contributed by atoms with Crippen LogP contribution in [0.4, 0.5) is 0 Å². The van der Waals surface area contributed by atoms with E-state index in [0.717, 1.165) is 10.9 Å². The van der Waals surface area contributed by atoms with Crippen LogP contribution in [-0.4, -0.2) is 10.2 Å². The van der Waals surface area contributed by atoms with Gasteiger partial charge in [0, 0.05) is 17.4 Å². The minimum absolute atomic E-state index is 0.0368. The van der Waals surface area contributed by atoms with Crippen molar-refractivity contribution in [1.29, 1.82) is 0 Å². The molecule has 0 saturated carbocycles. The van der Waals surface area contributed by atoms with Crippen molar-refractivity contribution < 1.29 is 4.42 Å². The van der Waals surface area contributed by atoms with Crippen LogP contribution in [0.5, 0.6) is 0 Å². The van der Waals surface area contributed by atoms with E-state index in [1.54, 1.807) is 6.92 Å². The van der Waals surface area contributed by atoms with Gasteiger partial charge in [0.1, 0.15) is 0 Å². The summed E-state index contributed by atoms with van der Waals surface area (Å²) in [6.45, 7) is 6.00. The highest BCUT2D eigenvalue weighted by Gasteiger charge is 2.17. The van der Waals surface area contributed by atoms with Gasteiger partial charge in [0.2, 0.25) is 11.8 Å². The topological polar surface area (TPSA) is 51.0 Å². The van der Waals surface area contributed by atoms with E-state index in [9.17, 15) is 0 Å². The molecule has 0 aliphatic rings. The number of aromatic nitrogens is 2. The molecule has 1 aromatic carbocycles. The molecule has 2 aromatic rings. The minimum Gasteiger partial charge on any atom is -0.424 e. The Morgan fingerprint density at radius 2 is 1.95 bits per heavy atom. The van der Waals surface area contributed by atoms with E-state index in [1.165, 1.54) is 5.56 Å². The average molecular weight is 324 g/mol. The predicted octanol–water partition coefficient (Wildman–Crippen LogP) is 3.94. The average Bonchev–Trinajstić information content (AvgIpc) is 2.84. The van der Waals surface area contributed by atoms with Crippen LogP contribution in [0.25, 0.3) is 0 Å². The van der Waals surface area contributed by atoms with Crippen LogP contribution in [0.1, 0.15) is 49.7 Å². The molecular weight excluding hydrogens is 306 g/mol. The Bertz CT molecular complexity index is 524. The Morgan fingerprint density at radius 1 is 1.26 bits per heavy atom. The number of aryl methyl sites for hydroxylation is 1. The summed E-state index contributed by atoms with van der Waals surface area (Å²) in [6, 6.07) is 8.67. The first-order valence-electron chi connectivity index (χ1n) is 6.41. The highest BCUT2D eigenvalue weighted by Crippen LogP contribution is 2.23. The van der Waals surface area contributed by atoms with Crippen LogP contribution in [0.2, 0.25) is 0 Å². The number of nitrogens with one attached hydrogen (secondary N) is 1. The summed E-state index contributed by atoms with van der Waals surface area (Å²) >= 11 is 3.45. The second-order valence-corrected chi connectivity index (χ2v) is 5.48. The molecule has 102 valence electrons. The molecule has 1 heterocycles. The van der Waals surface area contributed by atoms with Crippen molar-refractivity contribution in [2.45, 2.75) is 39.3 Å². The van der Waals surface area contributed by atoms with Gasteiger partial charge in [0.25, 0.3) is 0 Å². The number of nitrogens with zero attached hydrogens (tertiary/aromatic N) is 2. The number of halogens is 1. The van der Waals surface area contributed by atoms with Gasteiger partial charge >= 0.3 is 0 Å². The van der Waals surface area contributed by atoms with E-state index < -0.39 is 0 Å². The maximum absolute atomic E-state index is 5.45. The summed E-state index contributed by atoms with van der Waals surface area (Å²) in [7, 11) is 0. The van der Waals surface area contributed by atoms with Gasteiger partial charge < -0.3 is 4.42 Å². The Balaban J connectivity index is 2.08. The van der Waals surface area contributed by atoms with Gasteiger partial charge in [-0.05, 0) is 31.0 Å². The molecule has 0 amide bonds. The van der Waals surface area contributed by atoms with Crippen molar-refractivity contribution in [3.63, 3.8) is 0 Å². The van der Waals surface area contributed by atoms with Crippen LogP contribution >= 0.6 is 15.9 Å². The smallest absolute Gasteiger partial charge is 0.233 e. The predicted molar refractivity (Wildman–Crippen MR) is 77.8 cm³/mol. The van der Waals surface area contributed by atoms with Crippen molar-refractivity contribution in [3.8, 4) is 0 Å². The maximum atomic E-state index is 5.45. The van der Waals surface area contributed by atoms with Crippen molar-refractivity contribution in [2.75, 3.05) is 0 Å². The zero-order valence-electron chi connectivity index (χ0n) is 11.4. The quantitative estimate of drug-likeness (QED) is 0.905. The Hall–Kier alpha value is -1.20. The third-order valence-electron chi connectivity index (χ3n) is 3.04. The number of hydrogen-bond acceptors (Lipinski definition) is 4. The van der Waals surface area contributed by atoms with Gasteiger partial charge in [-0.2, -0.15) is 0 Å². The standard InChI is InChI=1S/C14H18BrN3O/c1-4-13(11-5-7-12(15)8-6-11)16-9(2)14-18-17-10(3)19-14/h5-9,13,16H,4H2,1-3H3/t9-,13-/m1/s1. The molecular formula is C14H18BrN3O. The molecule has 0 saturated heterocycles. The lowest BCUT2D eigenvalue weighted by atomic mass is 10.0. The summed E-state index contributed by atoms with van der Waals surface area (Å²) in [5.41, 5.74) is 1.26. The third-order valence-corrected chi connectivity index (χ3v) is 3.57. The maximum Gasteiger partial charge on any atom is 0.233 e. The fraction of sp³-hybridized carbons (Fsp3) is 0.429. The van der Waals surface area contributed by atoms with Crippen molar-refractivity contribution in [1.82, 2.24) is 15.5 Å². The Morgan fingerprint density at radius 3 is 2.47 bits per heavy atom. The lowest BCUT2D eigenvalue weighted by Gasteiger charge is -2.20. The zero-order chi connectivity index (χ0) is 13.8. The third kappa shape index (κ3) is 3.64. The zero-order valence-corrected chi connectivity index (χ0v) is 12.9. The van der Waals surface area contributed by atoms with Crippen molar-refractivity contribution in [3.05, 3.63) is 46.1 Å². The van der Waals surface area contributed by atoms with Crippen LogP contribution in [-0.2, 0) is 0 Å². The van der Waals surface area contributed by atoms with E-state index in [0.29, 0.717) is 11.8 Å². The molecule has 5 heteroatoms. The minimum atomic E-state index is 0.0368. The fourth-order valence-corrected chi connectivity index (χ4v) is 2.27. The van der Waals surface area contributed by atoms with Gasteiger partial charge in [0.05, 0.1) is 6.04 Å². The van der Waals surface area contributed by atoms with Crippen molar-refractivity contribution >= 4 is 15.9 Å². The summed E-state index contributed by atoms with van der Waals surface area (Å²) in [5, 5.41) is 11.4. The molecule has 2 atom stereocenters. The van der Waals surface area contributed by atoms with Gasteiger partial charge in [-0.3, -0.25) is 5.32 Å². The largest absolute Gasteiger partial charge is 0.424 e. The summed E-state index contributed by atoms with van der Waals surface area (Å²) in [6.07, 6.45) is 0.999. The summed E-state index contributed by atoms with van der Waals surface area (Å²) in [5.74, 6) is 1.23. The molecule has 0 aliphatic carbocycles. The molecule has 0 spiro atoms. The lowest BCUT2D eigenvalue weighted by Crippen LogP contribution is -2.24. The molecule has 0 radical (unpaired) electrons. The van der Waals surface area contributed by atoms with E-state index in [4.69, 9.17) is 4.42 Å². The molecule has 0 bridgehead atoms. The molecule has 2 rings (SSSR count). The number of benzene rings is 1. The molecule has 19 heavy (non-hydrogen) atoms. The first kappa shape index (κ1) is 14.2. The SMILES string of the molecule is CC[C@@H](N[C@H](C)c1nnc(C)o1)c1ccc(Br)cc1. The summed E-state index contributed by atoms with van der Waals surface area (Å²) < 4.78 is 6.54. The van der Waals surface area contributed by atoms with Crippen molar-refractivity contribution in [2.24, 2.45) is 0 Å². The molecule has 0 fully saturated rings. The van der Waals surface area contributed by atoms with Gasteiger partial charge in [0.15, 0.2) is 0 Å². The van der Waals surface area contributed by atoms with Gasteiger partial charge in [-0.15, -0.1) is 10.2 Å². The molecule has 4 nitrogen and oxygen atoms in total. The summed E-state index contributed by atoms with van der Waals surface area (Å²) in [4.78, 5) is 0. The highest BCUT2D eigenvalue weighted by molar-refractivity contribution is 9.10. The first-order valence-corrected chi connectivity index (χ1v) is 7.21. The fourth-order valence-electron chi connectivity index (χ4n) is 2.00. The monoisotopic (exact) mass is 323 g/mol. The number of hydrogen-bond donors (Lipinski definition) is 1. The highest BCUT2D eigenvalue weighted by atomic mass is 79.9. The lowest BCUT2D eigenvalue weighted by molar-refractivity contribution is 0.367. The van der Waals surface area contributed by atoms with Crippen LogP contribution in [0.3, 0.4) is 0 Å². The van der Waals surface area contributed by atoms with E-state index in [2.05, 4.69) is 62.6 Å².